The Morgan fingerprint density at radius 2 is 2.00 bits per heavy atom. The van der Waals surface area contributed by atoms with Crippen molar-refractivity contribution < 1.29 is 0 Å². The van der Waals surface area contributed by atoms with E-state index in [9.17, 15) is 0 Å². The number of nitrogens with one attached hydrogen (secondary N) is 1. The van der Waals surface area contributed by atoms with E-state index >= 15 is 0 Å². The Balaban J connectivity index is 2.03. The molecule has 0 saturated heterocycles. The molecule has 1 saturated carbocycles. The van der Waals surface area contributed by atoms with Crippen LogP contribution in [-0.2, 0) is 6.54 Å². The molecule has 1 aromatic heterocycles. The monoisotopic (exact) mass is 244 g/mol. The van der Waals surface area contributed by atoms with Crippen LogP contribution in [0.3, 0.4) is 0 Å². The minimum atomic E-state index is 0.462. The maximum atomic E-state index is 5.38. The Labute approximate surface area is 106 Å². The van der Waals surface area contributed by atoms with Gasteiger partial charge in [-0.05, 0) is 36.0 Å². The number of imidazole rings is 1. The molecule has 1 heterocycles. The van der Waals surface area contributed by atoms with Gasteiger partial charge in [0, 0.05) is 12.7 Å². The van der Waals surface area contributed by atoms with E-state index in [2.05, 4.69) is 40.7 Å². The maximum absolute atomic E-state index is 5.38. The van der Waals surface area contributed by atoms with Crippen molar-refractivity contribution in [2.24, 2.45) is 5.41 Å². The molecule has 3 heteroatoms. The topological polar surface area (TPSA) is 20.7 Å². The SMILES string of the molecule is CC1(Cn2c(-c3ccccc3)c[nH]c2=S)CC1. The predicted octanol–water partition coefficient (Wildman–Crippen LogP) is 4.01. The minimum absolute atomic E-state index is 0.462. The molecule has 1 aliphatic carbocycles. The van der Waals surface area contributed by atoms with Crippen LogP contribution in [-0.4, -0.2) is 9.55 Å². The number of rotatable bonds is 3. The molecular formula is C14H16N2S. The molecule has 0 radical (unpaired) electrons. The summed E-state index contributed by atoms with van der Waals surface area (Å²) in [5, 5.41) is 0. The van der Waals surface area contributed by atoms with E-state index in [1.54, 1.807) is 0 Å². The predicted molar refractivity (Wildman–Crippen MR) is 72.4 cm³/mol. The first kappa shape index (κ1) is 10.8. The summed E-state index contributed by atoms with van der Waals surface area (Å²) >= 11 is 5.38. The lowest BCUT2D eigenvalue weighted by Gasteiger charge is -2.13. The Morgan fingerprint density at radius 3 is 2.65 bits per heavy atom. The molecule has 0 bridgehead atoms. The van der Waals surface area contributed by atoms with Gasteiger partial charge >= 0.3 is 0 Å². The third-order valence-electron chi connectivity index (χ3n) is 3.58. The highest BCUT2D eigenvalue weighted by molar-refractivity contribution is 7.71. The zero-order valence-corrected chi connectivity index (χ0v) is 10.8. The van der Waals surface area contributed by atoms with Crippen molar-refractivity contribution in [3.63, 3.8) is 0 Å². The summed E-state index contributed by atoms with van der Waals surface area (Å²) in [6.07, 6.45) is 4.64. The molecule has 1 aliphatic rings. The molecule has 0 spiro atoms. The van der Waals surface area contributed by atoms with Gasteiger partial charge in [0.1, 0.15) is 0 Å². The first-order valence-electron chi connectivity index (χ1n) is 6.02. The number of hydrogen-bond acceptors (Lipinski definition) is 1. The highest BCUT2D eigenvalue weighted by Crippen LogP contribution is 2.47. The lowest BCUT2D eigenvalue weighted by molar-refractivity contribution is 0.464. The van der Waals surface area contributed by atoms with Gasteiger partial charge in [0.05, 0.1) is 5.69 Å². The van der Waals surface area contributed by atoms with Crippen molar-refractivity contribution in [2.45, 2.75) is 26.3 Å². The standard InChI is InChI=1S/C14H16N2S/c1-14(7-8-14)10-16-12(9-15-13(16)17)11-5-3-2-4-6-11/h2-6,9H,7-8,10H2,1H3,(H,15,17). The van der Waals surface area contributed by atoms with Gasteiger partial charge in [-0.25, -0.2) is 0 Å². The van der Waals surface area contributed by atoms with Gasteiger partial charge in [0.25, 0.3) is 0 Å². The fourth-order valence-electron chi connectivity index (χ4n) is 2.15. The van der Waals surface area contributed by atoms with Gasteiger partial charge in [-0.3, -0.25) is 0 Å². The van der Waals surface area contributed by atoms with Gasteiger partial charge in [-0.2, -0.15) is 0 Å². The summed E-state index contributed by atoms with van der Waals surface area (Å²) in [6, 6.07) is 10.4. The average molecular weight is 244 g/mol. The van der Waals surface area contributed by atoms with Gasteiger partial charge in [0.15, 0.2) is 4.77 Å². The van der Waals surface area contributed by atoms with Gasteiger partial charge in [-0.15, -0.1) is 0 Å². The molecule has 17 heavy (non-hydrogen) atoms. The molecule has 0 amide bonds. The van der Waals surface area contributed by atoms with Crippen LogP contribution in [0.25, 0.3) is 11.3 Å². The van der Waals surface area contributed by atoms with E-state index in [1.165, 1.54) is 24.1 Å². The molecular weight excluding hydrogens is 228 g/mol. The van der Waals surface area contributed by atoms with Crippen LogP contribution in [0.5, 0.6) is 0 Å². The number of hydrogen-bond donors (Lipinski definition) is 1. The van der Waals surface area contributed by atoms with Crippen LogP contribution in [0.15, 0.2) is 36.5 Å². The molecule has 2 nitrogen and oxygen atoms in total. The van der Waals surface area contributed by atoms with Crippen LogP contribution < -0.4 is 0 Å². The summed E-state index contributed by atoms with van der Waals surface area (Å²) in [5.74, 6) is 0. The van der Waals surface area contributed by atoms with E-state index < -0.39 is 0 Å². The maximum Gasteiger partial charge on any atom is 0.177 e. The van der Waals surface area contributed by atoms with Crippen molar-refractivity contribution in [1.82, 2.24) is 9.55 Å². The van der Waals surface area contributed by atoms with E-state index in [-0.39, 0.29) is 0 Å². The largest absolute Gasteiger partial charge is 0.337 e. The molecule has 3 rings (SSSR count). The van der Waals surface area contributed by atoms with Crippen molar-refractivity contribution in [2.75, 3.05) is 0 Å². The summed E-state index contributed by atoms with van der Waals surface area (Å²) in [5.41, 5.74) is 2.89. The second-order valence-electron chi connectivity index (χ2n) is 5.24. The zero-order valence-electron chi connectivity index (χ0n) is 9.94. The number of aromatic amines is 1. The van der Waals surface area contributed by atoms with E-state index in [0.29, 0.717) is 5.41 Å². The first-order valence-corrected chi connectivity index (χ1v) is 6.42. The molecule has 88 valence electrons. The third kappa shape index (κ3) is 2.07. The second kappa shape index (κ2) is 3.84. The molecule has 2 aromatic rings. The molecule has 0 unspecified atom stereocenters. The normalized spacial score (nSPS) is 17.0. The van der Waals surface area contributed by atoms with Crippen LogP contribution in [0, 0.1) is 10.2 Å². The van der Waals surface area contributed by atoms with Gasteiger partial charge in [0.2, 0.25) is 0 Å². The summed E-state index contributed by atoms with van der Waals surface area (Å²) in [6.45, 7) is 3.36. The zero-order chi connectivity index (χ0) is 11.9. The Bertz CT molecular complexity index is 576. The Hall–Kier alpha value is -1.35. The van der Waals surface area contributed by atoms with Crippen molar-refractivity contribution in [3.05, 3.63) is 41.3 Å². The fraction of sp³-hybridized carbons (Fsp3) is 0.357. The van der Waals surface area contributed by atoms with Gasteiger partial charge in [-0.1, -0.05) is 37.3 Å². The second-order valence-corrected chi connectivity index (χ2v) is 5.63. The minimum Gasteiger partial charge on any atom is -0.337 e. The smallest absolute Gasteiger partial charge is 0.177 e. The molecule has 0 aliphatic heterocycles. The number of nitrogens with zero attached hydrogens (tertiary/aromatic N) is 1. The van der Waals surface area contributed by atoms with E-state index in [0.717, 1.165) is 11.3 Å². The quantitative estimate of drug-likeness (QED) is 0.809. The molecule has 1 fully saturated rings. The van der Waals surface area contributed by atoms with E-state index in [4.69, 9.17) is 12.2 Å². The van der Waals surface area contributed by atoms with Crippen molar-refractivity contribution in [1.29, 1.82) is 0 Å². The van der Waals surface area contributed by atoms with Crippen molar-refractivity contribution in [3.8, 4) is 11.3 Å². The number of aromatic nitrogens is 2. The lowest BCUT2D eigenvalue weighted by atomic mass is 10.1. The fourth-order valence-corrected chi connectivity index (χ4v) is 2.38. The number of benzene rings is 1. The summed E-state index contributed by atoms with van der Waals surface area (Å²) in [7, 11) is 0. The number of H-pyrrole nitrogens is 1. The Kier molecular flexibility index (Phi) is 2.44. The Morgan fingerprint density at radius 1 is 1.29 bits per heavy atom. The van der Waals surface area contributed by atoms with Crippen LogP contribution in [0.4, 0.5) is 0 Å². The molecule has 0 atom stereocenters. The third-order valence-corrected chi connectivity index (χ3v) is 3.92. The summed E-state index contributed by atoms with van der Waals surface area (Å²) < 4.78 is 3.06. The highest BCUT2D eigenvalue weighted by Gasteiger charge is 2.38. The van der Waals surface area contributed by atoms with Crippen LogP contribution in [0.1, 0.15) is 19.8 Å². The van der Waals surface area contributed by atoms with Crippen molar-refractivity contribution >= 4 is 12.2 Å². The van der Waals surface area contributed by atoms with E-state index in [1.807, 2.05) is 12.3 Å². The first-order chi connectivity index (χ1) is 8.18. The molecule has 1 aromatic carbocycles. The molecule has 1 N–H and O–H groups in total. The average Bonchev–Trinajstić information content (AvgIpc) is 2.96. The van der Waals surface area contributed by atoms with Crippen LogP contribution >= 0.6 is 12.2 Å². The summed E-state index contributed by atoms with van der Waals surface area (Å²) in [4.78, 5) is 3.16. The van der Waals surface area contributed by atoms with Crippen LogP contribution in [0.2, 0.25) is 0 Å². The van der Waals surface area contributed by atoms with Gasteiger partial charge < -0.3 is 9.55 Å². The highest BCUT2D eigenvalue weighted by atomic mass is 32.1. The lowest BCUT2D eigenvalue weighted by Crippen LogP contribution is -2.09.